The van der Waals surface area contributed by atoms with Crippen LogP contribution in [0.1, 0.15) is 46.5 Å². The molecule has 1 rings (SSSR count). The fraction of sp³-hybridized carbons (Fsp3) is 0.867. The summed E-state index contributed by atoms with van der Waals surface area (Å²) in [4.78, 5) is 24.8. The van der Waals surface area contributed by atoms with Crippen LogP contribution in [-0.2, 0) is 9.59 Å². The number of likely N-dealkylation sites (tertiary alicyclic amines) is 1. The molecule has 1 fully saturated rings. The van der Waals surface area contributed by atoms with Gasteiger partial charge in [0.05, 0.1) is 6.54 Å². The first-order valence-electron chi connectivity index (χ1n) is 7.77. The van der Waals surface area contributed by atoms with Crippen LogP contribution in [0.5, 0.6) is 0 Å². The highest BCUT2D eigenvalue weighted by Gasteiger charge is 2.41. The highest BCUT2D eigenvalue weighted by atomic mass is 16.4. The van der Waals surface area contributed by atoms with Gasteiger partial charge in [-0.15, -0.1) is 0 Å². The van der Waals surface area contributed by atoms with Gasteiger partial charge in [0.25, 0.3) is 0 Å². The molecule has 1 aliphatic rings. The molecule has 6 heteroatoms. The normalized spacial score (nSPS) is 24.2. The summed E-state index contributed by atoms with van der Waals surface area (Å²) >= 11 is 0. The van der Waals surface area contributed by atoms with E-state index in [0.29, 0.717) is 18.9 Å². The second-order valence-corrected chi connectivity index (χ2v) is 6.72. The molecule has 4 N–H and O–H groups in total. The number of rotatable bonds is 8. The molecule has 0 spiro atoms. The standard InChI is InChI=1S/C15H29N3O3/c1-11(2)5-4-6-12(3)17-13(19)9-18-8-7-15(16,10-18)14(20)21/h11-12H,4-10,16H2,1-3H3,(H,17,19)(H,20,21). The summed E-state index contributed by atoms with van der Waals surface area (Å²) in [6.07, 6.45) is 3.63. The molecular weight excluding hydrogens is 270 g/mol. The number of carbonyl (C=O) groups excluding carboxylic acids is 1. The Kier molecular flexibility index (Phi) is 6.61. The number of hydrogen-bond acceptors (Lipinski definition) is 4. The quantitative estimate of drug-likeness (QED) is 0.616. The number of nitrogens with two attached hydrogens (primary N) is 1. The van der Waals surface area contributed by atoms with E-state index in [9.17, 15) is 9.59 Å². The van der Waals surface area contributed by atoms with Gasteiger partial charge in [-0.3, -0.25) is 14.5 Å². The molecule has 0 aliphatic carbocycles. The van der Waals surface area contributed by atoms with E-state index in [1.54, 1.807) is 0 Å². The molecule has 0 aromatic carbocycles. The molecule has 0 bridgehead atoms. The molecule has 122 valence electrons. The summed E-state index contributed by atoms with van der Waals surface area (Å²) in [5.74, 6) is -0.361. The monoisotopic (exact) mass is 299 g/mol. The molecule has 0 aromatic heterocycles. The maximum atomic E-state index is 11.9. The highest BCUT2D eigenvalue weighted by molar-refractivity contribution is 5.81. The number of carbonyl (C=O) groups is 2. The third kappa shape index (κ3) is 6.01. The summed E-state index contributed by atoms with van der Waals surface area (Å²) in [5.41, 5.74) is 4.59. The maximum Gasteiger partial charge on any atom is 0.325 e. The number of amides is 1. The molecule has 1 saturated heterocycles. The molecule has 0 saturated carbocycles. The Labute approximate surface area is 127 Å². The first-order chi connectivity index (χ1) is 9.73. The zero-order valence-corrected chi connectivity index (χ0v) is 13.4. The fourth-order valence-corrected chi connectivity index (χ4v) is 2.65. The zero-order valence-electron chi connectivity index (χ0n) is 13.4. The van der Waals surface area contributed by atoms with E-state index in [0.717, 1.165) is 12.8 Å². The molecular formula is C15H29N3O3. The summed E-state index contributed by atoms with van der Waals surface area (Å²) in [5, 5.41) is 12.0. The van der Waals surface area contributed by atoms with Crippen LogP contribution in [0.25, 0.3) is 0 Å². The minimum Gasteiger partial charge on any atom is -0.480 e. The Bertz CT molecular complexity index is 373. The number of nitrogens with one attached hydrogen (secondary N) is 1. The van der Waals surface area contributed by atoms with E-state index < -0.39 is 11.5 Å². The van der Waals surface area contributed by atoms with Gasteiger partial charge in [0.15, 0.2) is 0 Å². The third-order valence-electron chi connectivity index (χ3n) is 4.00. The molecule has 2 atom stereocenters. The van der Waals surface area contributed by atoms with Crippen molar-refractivity contribution in [2.75, 3.05) is 19.6 Å². The smallest absolute Gasteiger partial charge is 0.325 e. The average molecular weight is 299 g/mol. The Morgan fingerprint density at radius 1 is 1.33 bits per heavy atom. The second kappa shape index (κ2) is 7.75. The molecule has 1 heterocycles. The summed E-state index contributed by atoms with van der Waals surface area (Å²) in [6.45, 7) is 7.40. The first-order valence-corrected chi connectivity index (χ1v) is 7.77. The lowest BCUT2D eigenvalue weighted by atomic mass is 10.0. The summed E-state index contributed by atoms with van der Waals surface area (Å²) in [7, 11) is 0. The Morgan fingerprint density at radius 3 is 2.52 bits per heavy atom. The van der Waals surface area contributed by atoms with E-state index in [-0.39, 0.29) is 25.0 Å². The second-order valence-electron chi connectivity index (χ2n) is 6.72. The van der Waals surface area contributed by atoms with Crippen LogP contribution in [0.4, 0.5) is 0 Å². The van der Waals surface area contributed by atoms with Crippen molar-refractivity contribution in [3.8, 4) is 0 Å². The van der Waals surface area contributed by atoms with Crippen molar-refractivity contribution in [3.05, 3.63) is 0 Å². The number of carboxylic acids is 1. The van der Waals surface area contributed by atoms with Crippen LogP contribution in [-0.4, -0.2) is 53.1 Å². The lowest BCUT2D eigenvalue weighted by Gasteiger charge is -2.21. The predicted octanol–water partition coefficient (Wildman–Crippen LogP) is 0.805. The molecule has 2 unspecified atom stereocenters. The van der Waals surface area contributed by atoms with Crippen LogP contribution in [0, 0.1) is 5.92 Å². The SMILES string of the molecule is CC(C)CCCC(C)NC(=O)CN1CCC(N)(C(=O)O)C1. The number of hydrogen-bond donors (Lipinski definition) is 3. The maximum absolute atomic E-state index is 11.9. The van der Waals surface area contributed by atoms with Crippen molar-refractivity contribution >= 4 is 11.9 Å². The van der Waals surface area contributed by atoms with Crippen LogP contribution >= 0.6 is 0 Å². The topological polar surface area (TPSA) is 95.7 Å². The van der Waals surface area contributed by atoms with Crippen molar-refractivity contribution in [2.45, 2.75) is 58.0 Å². The van der Waals surface area contributed by atoms with Gasteiger partial charge in [-0.2, -0.15) is 0 Å². The van der Waals surface area contributed by atoms with Crippen molar-refractivity contribution in [2.24, 2.45) is 11.7 Å². The van der Waals surface area contributed by atoms with Gasteiger partial charge in [0, 0.05) is 19.1 Å². The molecule has 6 nitrogen and oxygen atoms in total. The van der Waals surface area contributed by atoms with E-state index in [1.807, 2.05) is 11.8 Å². The highest BCUT2D eigenvalue weighted by Crippen LogP contribution is 2.18. The first kappa shape index (κ1) is 17.9. The van der Waals surface area contributed by atoms with Crippen molar-refractivity contribution < 1.29 is 14.7 Å². The van der Waals surface area contributed by atoms with Crippen molar-refractivity contribution in [1.82, 2.24) is 10.2 Å². The van der Waals surface area contributed by atoms with Crippen LogP contribution < -0.4 is 11.1 Å². The van der Waals surface area contributed by atoms with E-state index in [4.69, 9.17) is 10.8 Å². The van der Waals surface area contributed by atoms with Gasteiger partial charge >= 0.3 is 5.97 Å². The fourth-order valence-electron chi connectivity index (χ4n) is 2.65. The molecule has 0 radical (unpaired) electrons. The lowest BCUT2D eigenvalue weighted by molar-refractivity contribution is -0.143. The van der Waals surface area contributed by atoms with Crippen LogP contribution in [0.15, 0.2) is 0 Å². The van der Waals surface area contributed by atoms with Crippen molar-refractivity contribution in [1.29, 1.82) is 0 Å². The van der Waals surface area contributed by atoms with Gasteiger partial charge < -0.3 is 16.2 Å². The van der Waals surface area contributed by atoms with Crippen LogP contribution in [0.2, 0.25) is 0 Å². The number of nitrogens with zero attached hydrogens (tertiary/aromatic N) is 1. The van der Waals surface area contributed by atoms with Crippen LogP contribution in [0.3, 0.4) is 0 Å². The minimum absolute atomic E-state index is 0.0540. The molecule has 21 heavy (non-hydrogen) atoms. The van der Waals surface area contributed by atoms with E-state index in [1.165, 1.54) is 6.42 Å². The van der Waals surface area contributed by atoms with Gasteiger partial charge in [-0.05, 0) is 25.7 Å². The Morgan fingerprint density at radius 2 is 2.00 bits per heavy atom. The number of carboxylic acid groups (broad SMARTS) is 1. The lowest BCUT2D eigenvalue weighted by Crippen LogP contribution is -2.51. The minimum atomic E-state index is -1.21. The average Bonchev–Trinajstić information content (AvgIpc) is 2.71. The zero-order chi connectivity index (χ0) is 16.0. The molecule has 1 amide bonds. The third-order valence-corrected chi connectivity index (χ3v) is 4.00. The van der Waals surface area contributed by atoms with Crippen molar-refractivity contribution in [3.63, 3.8) is 0 Å². The molecule has 0 aromatic rings. The largest absolute Gasteiger partial charge is 0.480 e. The summed E-state index contributed by atoms with van der Waals surface area (Å²) in [6, 6.07) is 0.154. The predicted molar refractivity (Wildman–Crippen MR) is 81.9 cm³/mol. The van der Waals surface area contributed by atoms with Gasteiger partial charge in [-0.1, -0.05) is 26.7 Å². The van der Waals surface area contributed by atoms with Gasteiger partial charge in [0.1, 0.15) is 5.54 Å². The van der Waals surface area contributed by atoms with Gasteiger partial charge in [-0.25, -0.2) is 0 Å². The number of aliphatic carboxylic acids is 1. The Hall–Kier alpha value is -1.14. The Balaban J connectivity index is 2.27. The van der Waals surface area contributed by atoms with E-state index >= 15 is 0 Å². The molecule has 1 aliphatic heterocycles. The van der Waals surface area contributed by atoms with Gasteiger partial charge in [0.2, 0.25) is 5.91 Å². The van der Waals surface area contributed by atoms with E-state index in [2.05, 4.69) is 19.2 Å². The summed E-state index contributed by atoms with van der Waals surface area (Å²) < 4.78 is 0.